The highest BCUT2D eigenvalue weighted by molar-refractivity contribution is 6.03. The maximum Gasteiger partial charge on any atom is 0.232 e. The third kappa shape index (κ3) is 4.72. The number of imide groups is 1. The molecule has 2 amide bonds. The minimum absolute atomic E-state index is 0.0890. The van der Waals surface area contributed by atoms with E-state index in [0.717, 1.165) is 6.54 Å². The molecule has 1 heterocycles. The van der Waals surface area contributed by atoms with E-state index in [1.807, 2.05) is 7.05 Å². The second-order valence-corrected chi connectivity index (χ2v) is 4.32. The van der Waals surface area contributed by atoms with Crippen LogP contribution >= 0.6 is 0 Å². The zero-order valence-corrected chi connectivity index (χ0v) is 11.1. The summed E-state index contributed by atoms with van der Waals surface area (Å²) in [6.45, 7) is 4.97. The lowest BCUT2D eigenvalue weighted by atomic mass is 10.1. The largest absolute Gasteiger partial charge is 0.378 e. The molecule has 18 heavy (non-hydrogen) atoms. The van der Waals surface area contributed by atoms with E-state index in [1.54, 1.807) is 6.92 Å². The van der Waals surface area contributed by atoms with Gasteiger partial charge in [0.25, 0.3) is 0 Å². The third-order valence-electron chi connectivity index (χ3n) is 2.80. The molecule has 0 aromatic heterocycles. The maximum atomic E-state index is 11.6. The number of amides is 2. The normalized spacial score (nSPS) is 19.9. The Kier molecular flexibility index (Phi) is 6.85. The van der Waals surface area contributed by atoms with Crippen molar-refractivity contribution in [3.63, 3.8) is 0 Å². The molecule has 0 aromatic rings. The number of likely N-dealkylation sites (N-methyl/N-ethyl adjacent to an activating group) is 1. The van der Waals surface area contributed by atoms with Crippen molar-refractivity contribution in [2.45, 2.75) is 13.3 Å². The van der Waals surface area contributed by atoms with Gasteiger partial charge in [0.1, 0.15) is 0 Å². The van der Waals surface area contributed by atoms with E-state index in [-0.39, 0.29) is 17.7 Å². The van der Waals surface area contributed by atoms with Gasteiger partial charge in [-0.25, -0.2) is 0 Å². The van der Waals surface area contributed by atoms with E-state index in [9.17, 15) is 9.59 Å². The average Bonchev–Trinajstić information content (AvgIpc) is 2.58. The van der Waals surface area contributed by atoms with Gasteiger partial charge >= 0.3 is 0 Å². The van der Waals surface area contributed by atoms with Crippen LogP contribution in [-0.4, -0.2) is 63.3 Å². The molecule has 1 unspecified atom stereocenters. The number of carbonyl (C=O) groups excluding carboxylic acids is 2. The quantitative estimate of drug-likeness (QED) is 0.451. The Balaban J connectivity index is 2.01. The molecule has 104 valence electrons. The first-order valence-corrected chi connectivity index (χ1v) is 6.31. The lowest BCUT2D eigenvalue weighted by Gasteiger charge is -2.14. The second kappa shape index (κ2) is 8.18. The Hall–Kier alpha value is -0.980. The molecule has 0 saturated carbocycles. The highest BCUT2D eigenvalue weighted by Gasteiger charge is 2.34. The van der Waals surface area contributed by atoms with Gasteiger partial charge in [0.05, 0.1) is 33.0 Å². The zero-order valence-electron chi connectivity index (χ0n) is 11.1. The van der Waals surface area contributed by atoms with E-state index in [1.165, 1.54) is 4.90 Å². The molecule has 0 aliphatic carbocycles. The Labute approximate surface area is 108 Å². The van der Waals surface area contributed by atoms with Crippen LogP contribution < -0.4 is 5.32 Å². The van der Waals surface area contributed by atoms with E-state index in [2.05, 4.69) is 5.32 Å². The van der Waals surface area contributed by atoms with Crippen molar-refractivity contribution in [2.75, 3.05) is 46.6 Å². The zero-order chi connectivity index (χ0) is 13.4. The van der Waals surface area contributed by atoms with Gasteiger partial charge in [0.2, 0.25) is 11.8 Å². The first-order chi connectivity index (χ1) is 8.66. The molecule has 0 radical (unpaired) electrons. The number of rotatable bonds is 9. The van der Waals surface area contributed by atoms with Crippen molar-refractivity contribution in [3.8, 4) is 0 Å². The van der Waals surface area contributed by atoms with Crippen molar-refractivity contribution >= 4 is 11.8 Å². The second-order valence-electron chi connectivity index (χ2n) is 4.32. The highest BCUT2D eigenvalue weighted by Crippen LogP contribution is 2.17. The van der Waals surface area contributed by atoms with Crippen molar-refractivity contribution in [2.24, 2.45) is 5.92 Å². The molecule has 1 rings (SSSR count). The molecule has 0 aromatic carbocycles. The van der Waals surface area contributed by atoms with Gasteiger partial charge < -0.3 is 14.8 Å². The average molecular weight is 258 g/mol. The third-order valence-corrected chi connectivity index (χ3v) is 2.80. The van der Waals surface area contributed by atoms with Crippen molar-refractivity contribution in [3.05, 3.63) is 0 Å². The lowest BCUT2D eigenvalue weighted by Crippen LogP contribution is -2.33. The summed E-state index contributed by atoms with van der Waals surface area (Å²) in [5, 5.41) is 2.97. The van der Waals surface area contributed by atoms with Gasteiger partial charge in [0.15, 0.2) is 0 Å². The number of nitrogens with zero attached hydrogens (tertiary/aromatic N) is 1. The monoisotopic (exact) mass is 258 g/mol. The Morgan fingerprint density at radius 1 is 1.22 bits per heavy atom. The van der Waals surface area contributed by atoms with E-state index in [4.69, 9.17) is 9.47 Å². The van der Waals surface area contributed by atoms with Crippen LogP contribution in [-0.2, 0) is 19.1 Å². The number of likely N-dealkylation sites (tertiary alicyclic amines) is 1. The molecule has 0 bridgehead atoms. The van der Waals surface area contributed by atoms with Gasteiger partial charge in [-0.1, -0.05) is 6.92 Å². The van der Waals surface area contributed by atoms with Crippen LogP contribution in [0.2, 0.25) is 0 Å². The fraction of sp³-hybridized carbons (Fsp3) is 0.833. The summed E-state index contributed by atoms with van der Waals surface area (Å²) in [5.41, 5.74) is 0. The molecule has 6 nitrogen and oxygen atoms in total. The summed E-state index contributed by atoms with van der Waals surface area (Å²) in [7, 11) is 1.87. The predicted octanol–water partition coefficient (Wildman–Crippen LogP) is -0.366. The lowest BCUT2D eigenvalue weighted by molar-refractivity contribution is -0.140. The summed E-state index contributed by atoms with van der Waals surface area (Å²) in [6.07, 6.45) is 0.325. The SMILES string of the molecule is CNCCOCCOCCN1C(=O)CC(C)C1=O. The molecule has 1 aliphatic rings. The molecule has 1 N–H and O–H groups in total. The minimum atomic E-state index is -0.178. The van der Waals surface area contributed by atoms with Gasteiger partial charge in [-0.15, -0.1) is 0 Å². The predicted molar refractivity (Wildman–Crippen MR) is 66.1 cm³/mol. The molecular formula is C12H22N2O4. The van der Waals surface area contributed by atoms with E-state index >= 15 is 0 Å². The van der Waals surface area contributed by atoms with Crippen LogP contribution in [0.15, 0.2) is 0 Å². The minimum Gasteiger partial charge on any atom is -0.378 e. The number of hydrogen-bond donors (Lipinski definition) is 1. The van der Waals surface area contributed by atoms with Crippen molar-refractivity contribution in [1.82, 2.24) is 10.2 Å². The standard InChI is InChI=1S/C12H22N2O4/c1-10-9-11(15)14(12(10)16)4-6-18-8-7-17-5-3-13-2/h10,13H,3-9H2,1-2H3. The maximum absolute atomic E-state index is 11.6. The molecule has 6 heteroatoms. The van der Waals surface area contributed by atoms with Gasteiger partial charge in [0, 0.05) is 18.9 Å². The van der Waals surface area contributed by atoms with Crippen LogP contribution in [0.25, 0.3) is 0 Å². The van der Waals surface area contributed by atoms with Gasteiger partial charge in [-0.05, 0) is 7.05 Å². The fourth-order valence-corrected chi connectivity index (χ4v) is 1.74. The van der Waals surface area contributed by atoms with Crippen LogP contribution in [0.4, 0.5) is 0 Å². The molecule has 1 aliphatic heterocycles. The van der Waals surface area contributed by atoms with E-state index in [0.29, 0.717) is 39.4 Å². The molecule has 1 fully saturated rings. The molecule has 1 saturated heterocycles. The summed E-state index contributed by atoms with van der Waals surface area (Å²) in [4.78, 5) is 24.3. The summed E-state index contributed by atoms with van der Waals surface area (Å²) < 4.78 is 10.6. The first-order valence-electron chi connectivity index (χ1n) is 6.31. The van der Waals surface area contributed by atoms with Crippen molar-refractivity contribution in [1.29, 1.82) is 0 Å². The summed E-state index contributed by atoms with van der Waals surface area (Å²) in [5.74, 6) is -0.363. The topological polar surface area (TPSA) is 67.9 Å². The molecular weight excluding hydrogens is 236 g/mol. The Bertz CT molecular complexity index is 283. The van der Waals surface area contributed by atoms with Crippen LogP contribution in [0, 0.1) is 5.92 Å². The number of hydrogen-bond acceptors (Lipinski definition) is 5. The Morgan fingerprint density at radius 3 is 2.44 bits per heavy atom. The number of ether oxygens (including phenoxy) is 2. The van der Waals surface area contributed by atoms with E-state index < -0.39 is 0 Å². The van der Waals surface area contributed by atoms with Crippen LogP contribution in [0.3, 0.4) is 0 Å². The Morgan fingerprint density at radius 2 is 1.89 bits per heavy atom. The summed E-state index contributed by atoms with van der Waals surface area (Å²) in [6, 6.07) is 0. The van der Waals surface area contributed by atoms with Crippen LogP contribution in [0.5, 0.6) is 0 Å². The van der Waals surface area contributed by atoms with Crippen LogP contribution in [0.1, 0.15) is 13.3 Å². The summed E-state index contributed by atoms with van der Waals surface area (Å²) >= 11 is 0. The van der Waals surface area contributed by atoms with Gasteiger partial charge in [-0.3, -0.25) is 14.5 Å². The smallest absolute Gasteiger partial charge is 0.232 e. The highest BCUT2D eigenvalue weighted by atomic mass is 16.5. The van der Waals surface area contributed by atoms with Crippen molar-refractivity contribution < 1.29 is 19.1 Å². The number of carbonyl (C=O) groups is 2. The number of nitrogens with one attached hydrogen (secondary N) is 1. The molecule has 0 spiro atoms. The molecule has 1 atom stereocenters. The fourth-order valence-electron chi connectivity index (χ4n) is 1.74. The van der Waals surface area contributed by atoms with Gasteiger partial charge in [-0.2, -0.15) is 0 Å². The first kappa shape index (κ1) is 15.1.